The zero-order valence-electron chi connectivity index (χ0n) is 16.8. The molecule has 0 saturated heterocycles. The van der Waals surface area contributed by atoms with Gasteiger partial charge in [0.05, 0.1) is 19.2 Å². The summed E-state index contributed by atoms with van der Waals surface area (Å²) < 4.78 is 5.47. The van der Waals surface area contributed by atoms with Crippen molar-refractivity contribution in [3.8, 4) is 17.0 Å². The number of nitrogens with one attached hydrogen (secondary N) is 2. The van der Waals surface area contributed by atoms with Gasteiger partial charge >= 0.3 is 0 Å². The van der Waals surface area contributed by atoms with Gasteiger partial charge in [-0.25, -0.2) is 9.97 Å². The van der Waals surface area contributed by atoms with Crippen LogP contribution in [0.4, 0.5) is 5.82 Å². The number of ether oxygens (including phenoxy) is 1. The average molecular weight is 402 g/mol. The van der Waals surface area contributed by atoms with Gasteiger partial charge in [0, 0.05) is 36.0 Å². The van der Waals surface area contributed by atoms with E-state index in [0.29, 0.717) is 12.2 Å². The van der Waals surface area contributed by atoms with Gasteiger partial charge in [-0.05, 0) is 23.8 Å². The van der Waals surface area contributed by atoms with Crippen molar-refractivity contribution in [2.45, 2.75) is 19.3 Å². The summed E-state index contributed by atoms with van der Waals surface area (Å²) in [5.74, 6) is 2.50. The number of methoxy groups -OCH3 is 1. The highest BCUT2D eigenvalue weighted by molar-refractivity contribution is 5.62. The molecule has 9 nitrogen and oxygen atoms in total. The average Bonchev–Trinajstić information content (AvgIpc) is 3.31. The number of nitrogens with zero attached hydrogens (tertiary/aromatic N) is 6. The number of anilines is 1. The molecule has 0 bridgehead atoms. The van der Waals surface area contributed by atoms with Crippen molar-refractivity contribution in [3.63, 3.8) is 0 Å². The first-order valence-corrected chi connectivity index (χ1v) is 9.59. The van der Waals surface area contributed by atoms with Crippen molar-refractivity contribution >= 4 is 5.82 Å². The smallest absolute Gasteiger partial charge is 0.180 e. The summed E-state index contributed by atoms with van der Waals surface area (Å²) in [6, 6.07) is 13.9. The second-order valence-corrected chi connectivity index (χ2v) is 6.85. The molecule has 2 N–H and O–H groups in total. The highest BCUT2D eigenvalue weighted by Gasteiger charge is 2.12. The number of aromatic amines is 1. The zero-order chi connectivity index (χ0) is 20.8. The summed E-state index contributed by atoms with van der Waals surface area (Å²) in [5.41, 5.74) is 3.76. The van der Waals surface area contributed by atoms with Gasteiger partial charge in [0.1, 0.15) is 17.9 Å². The Morgan fingerprint density at radius 1 is 1.10 bits per heavy atom. The van der Waals surface area contributed by atoms with Crippen LogP contribution in [0.5, 0.6) is 5.75 Å². The number of para-hydroxylation sites is 1. The number of pyridine rings is 1. The molecule has 0 aliphatic carbocycles. The lowest BCUT2D eigenvalue weighted by atomic mass is 10.00. The van der Waals surface area contributed by atoms with Crippen LogP contribution in [-0.4, -0.2) is 49.2 Å². The largest absolute Gasteiger partial charge is 0.496 e. The maximum Gasteiger partial charge on any atom is 0.180 e. The van der Waals surface area contributed by atoms with Crippen LogP contribution in [0.1, 0.15) is 29.9 Å². The Kier molecular flexibility index (Phi) is 5.88. The van der Waals surface area contributed by atoms with E-state index in [2.05, 4.69) is 53.9 Å². The van der Waals surface area contributed by atoms with Crippen LogP contribution in [-0.2, 0) is 6.42 Å². The molecule has 152 valence electrons. The van der Waals surface area contributed by atoms with Crippen molar-refractivity contribution in [1.29, 1.82) is 0 Å². The lowest BCUT2D eigenvalue weighted by Gasteiger charge is -2.16. The molecule has 0 spiro atoms. The first-order valence-electron chi connectivity index (χ1n) is 9.59. The van der Waals surface area contributed by atoms with Crippen LogP contribution in [0.25, 0.3) is 11.3 Å². The fourth-order valence-electron chi connectivity index (χ4n) is 3.21. The van der Waals surface area contributed by atoms with Gasteiger partial charge in [-0.2, -0.15) is 5.21 Å². The Hall–Kier alpha value is -3.88. The highest BCUT2D eigenvalue weighted by Crippen LogP contribution is 2.26. The molecule has 1 aromatic carbocycles. The van der Waals surface area contributed by atoms with E-state index in [1.165, 1.54) is 0 Å². The topological polar surface area (TPSA) is 114 Å². The molecule has 4 aromatic rings. The molecule has 0 radical (unpaired) electrons. The van der Waals surface area contributed by atoms with E-state index in [-0.39, 0.29) is 5.92 Å². The highest BCUT2D eigenvalue weighted by atomic mass is 16.5. The Balaban J connectivity index is 1.46. The molecule has 0 fully saturated rings. The van der Waals surface area contributed by atoms with E-state index in [4.69, 9.17) is 4.74 Å². The maximum absolute atomic E-state index is 5.47. The molecule has 3 aromatic heterocycles. The predicted octanol–water partition coefficient (Wildman–Crippen LogP) is 2.87. The monoisotopic (exact) mass is 402 g/mol. The third kappa shape index (κ3) is 4.57. The predicted molar refractivity (Wildman–Crippen MR) is 112 cm³/mol. The van der Waals surface area contributed by atoms with Gasteiger partial charge in [-0.1, -0.05) is 30.3 Å². The fraction of sp³-hybridized carbons (Fsp3) is 0.238. The van der Waals surface area contributed by atoms with E-state index < -0.39 is 0 Å². The van der Waals surface area contributed by atoms with Crippen LogP contribution in [0.3, 0.4) is 0 Å². The third-order valence-corrected chi connectivity index (χ3v) is 4.77. The standard InChI is InChI=1S/C21H22N8O/c1-14(17-5-3-4-6-19(17)30-2)12-23-20-11-18(24-13-25-20)15-7-8-22-16(9-15)10-21-26-28-29-27-21/h3-9,11,13-14H,10,12H2,1-2H3,(H,23,24,25)(H,26,27,28,29)/t14-/m1/s1. The molecular formula is C21H22N8O. The third-order valence-electron chi connectivity index (χ3n) is 4.77. The first kappa shape index (κ1) is 19.4. The van der Waals surface area contributed by atoms with Gasteiger partial charge in [-0.3, -0.25) is 4.98 Å². The van der Waals surface area contributed by atoms with Crippen LogP contribution in [0, 0.1) is 0 Å². The van der Waals surface area contributed by atoms with Crippen LogP contribution < -0.4 is 10.1 Å². The van der Waals surface area contributed by atoms with Gasteiger partial charge in [0.2, 0.25) is 0 Å². The number of H-pyrrole nitrogens is 1. The number of tetrazole rings is 1. The quantitative estimate of drug-likeness (QED) is 0.462. The summed E-state index contributed by atoms with van der Waals surface area (Å²) in [7, 11) is 1.69. The zero-order valence-corrected chi connectivity index (χ0v) is 16.8. The van der Waals surface area contributed by atoms with E-state index in [1.807, 2.05) is 36.4 Å². The second-order valence-electron chi connectivity index (χ2n) is 6.85. The molecule has 30 heavy (non-hydrogen) atoms. The van der Waals surface area contributed by atoms with E-state index in [9.17, 15) is 0 Å². The molecule has 0 saturated carbocycles. The lowest BCUT2D eigenvalue weighted by Crippen LogP contribution is -2.12. The minimum absolute atomic E-state index is 0.252. The summed E-state index contributed by atoms with van der Waals surface area (Å²) in [4.78, 5) is 13.1. The maximum atomic E-state index is 5.47. The molecular weight excluding hydrogens is 380 g/mol. The van der Waals surface area contributed by atoms with Crippen molar-refractivity contribution < 1.29 is 4.74 Å². The second kappa shape index (κ2) is 9.08. The SMILES string of the molecule is COc1ccccc1[C@H](C)CNc1cc(-c2ccnc(Cc3nn[nH]n3)c2)ncn1. The molecule has 0 amide bonds. The summed E-state index contributed by atoms with van der Waals surface area (Å²) in [5, 5.41) is 17.4. The number of aromatic nitrogens is 7. The van der Waals surface area contributed by atoms with Crippen LogP contribution in [0.15, 0.2) is 55.0 Å². The van der Waals surface area contributed by atoms with Crippen molar-refractivity contribution in [1.82, 2.24) is 35.6 Å². The van der Waals surface area contributed by atoms with Gasteiger partial charge in [0.15, 0.2) is 5.82 Å². The van der Waals surface area contributed by atoms with Gasteiger partial charge < -0.3 is 10.1 Å². The minimum atomic E-state index is 0.252. The molecule has 3 heterocycles. The Bertz CT molecular complexity index is 1100. The summed E-state index contributed by atoms with van der Waals surface area (Å²) in [6.07, 6.45) is 3.81. The van der Waals surface area contributed by atoms with Gasteiger partial charge in [0.25, 0.3) is 0 Å². The van der Waals surface area contributed by atoms with E-state index >= 15 is 0 Å². The molecule has 9 heteroatoms. The fourth-order valence-corrected chi connectivity index (χ4v) is 3.21. The Morgan fingerprint density at radius 3 is 2.83 bits per heavy atom. The van der Waals surface area contributed by atoms with E-state index in [1.54, 1.807) is 19.6 Å². The van der Waals surface area contributed by atoms with Crippen molar-refractivity contribution in [3.05, 3.63) is 72.1 Å². The summed E-state index contributed by atoms with van der Waals surface area (Å²) in [6.45, 7) is 2.87. The van der Waals surface area contributed by atoms with Crippen LogP contribution in [0.2, 0.25) is 0 Å². The van der Waals surface area contributed by atoms with Crippen molar-refractivity contribution in [2.24, 2.45) is 0 Å². The molecule has 0 unspecified atom stereocenters. The van der Waals surface area contributed by atoms with E-state index in [0.717, 1.165) is 40.6 Å². The normalized spacial score (nSPS) is 11.8. The van der Waals surface area contributed by atoms with Gasteiger partial charge in [-0.15, -0.1) is 10.2 Å². The number of benzene rings is 1. The number of hydrogen-bond acceptors (Lipinski definition) is 8. The minimum Gasteiger partial charge on any atom is -0.496 e. The Labute approximate surface area is 174 Å². The van der Waals surface area contributed by atoms with Crippen LogP contribution >= 0.6 is 0 Å². The molecule has 0 aliphatic rings. The number of rotatable bonds is 8. The Morgan fingerprint density at radius 2 is 2.00 bits per heavy atom. The molecule has 0 aliphatic heterocycles. The molecule has 4 rings (SSSR count). The summed E-state index contributed by atoms with van der Waals surface area (Å²) >= 11 is 0. The number of hydrogen-bond donors (Lipinski definition) is 2. The molecule has 1 atom stereocenters. The first-order chi connectivity index (χ1) is 14.7. The van der Waals surface area contributed by atoms with Crippen molar-refractivity contribution in [2.75, 3.05) is 19.0 Å². The lowest BCUT2D eigenvalue weighted by molar-refractivity contribution is 0.407.